The molecule has 0 radical (unpaired) electrons. The SMILES string of the molecule is CN(C)[C@@H]1CCN(c2ccc3cc(NC(=O)CCc4ccc(C(F)(F)F)cc4)ccc3n2)C1. The van der Waals surface area contributed by atoms with Crippen molar-refractivity contribution in [2.75, 3.05) is 37.4 Å². The first-order valence-electron chi connectivity index (χ1n) is 11.0. The van der Waals surface area contributed by atoms with Gasteiger partial charge in [-0.05, 0) is 75.0 Å². The van der Waals surface area contributed by atoms with E-state index in [9.17, 15) is 18.0 Å². The number of halogens is 3. The number of fused-ring (bicyclic) bond motifs is 1. The molecule has 174 valence electrons. The Morgan fingerprint density at radius 1 is 1.12 bits per heavy atom. The molecule has 1 aliphatic heterocycles. The summed E-state index contributed by atoms with van der Waals surface area (Å²) < 4.78 is 38.0. The molecule has 1 N–H and O–H groups in total. The number of amides is 1. The number of aryl methyl sites for hydroxylation is 1. The zero-order valence-electron chi connectivity index (χ0n) is 18.7. The van der Waals surface area contributed by atoms with Crippen LogP contribution in [0.4, 0.5) is 24.7 Å². The predicted octanol–water partition coefficient (Wildman–Crippen LogP) is 4.97. The van der Waals surface area contributed by atoms with Gasteiger partial charge in [-0.1, -0.05) is 12.1 Å². The van der Waals surface area contributed by atoms with Gasteiger partial charge in [0.05, 0.1) is 11.1 Å². The Balaban J connectivity index is 1.35. The van der Waals surface area contributed by atoms with Gasteiger partial charge in [0.15, 0.2) is 0 Å². The molecule has 1 atom stereocenters. The van der Waals surface area contributed by atoms with Gasteiger partial charge in [-0.25, -0.2) is 4.98 Å². The van der Waals surface area contributed by atoms with E-state index in [0.717, 1.165) is 48.4 Å². The molecule has 0 bridgehead atoms. The van der Waals surface area contributed by atoms with Crippen molar-refractivity contribution in [2.24, 2.45) is 0 Å². The van der Waals surface area contributed by atoms with Crippen molar-refractivity contribution in [3.8, 4) is 0 Å². The lowest BCUT2D eigenvalue weighted by molar-refractivity contribution is -0.137. The molecule has 0 unspecified atom stereocenters. The summed E-state index contributed by atoms with van der Waals surface area (Å²) in [5.74, 6) is 0.769. The van der Waals surface area contributed by atoms with Crippen molar-refractivity contribution >= 4 is 28.3 Å². The van der Waals surface area contributed by atoms with Gasteiger partial charge in [0, 0.05) is 36.6 Å². The van der Waals surface area contributed by atoms with Crippen LogP contribution < -0.4 is 10.2 Å². The van der Waals surface area contributed by atoms with E-state index in [-0.39, 0.29) is 12.3 Å². The van der Waals surface area contributed by atoms with Crippen molar-refractivity contribution < 1.29 is 18.0 Å². The normalized spacial score (nSPS) is 16.5. The van der Waals surface area contributed by atoms with Gasteiger partial charge in [-0.2, -0.15) is 13.2 Å². The molecular formula is C25H27F3N4O. The number of rotatable bonds is 6. The number of hydrogen-bond donors (Lipinski definition) is 1. The molecule has 1 aliphatic rings. The quantitative estimate of drug-likeness (QED) is 0.569. The number of nitrogens with one attached hydrogen (secondary N) is 1. The minimum Gasteiger partial charge on any atom is -0.355 e. The summed E-state index contributed by atoms with van der Waals surface area (Å²) in [6, 6.07) is 15.1. The molecule has 1 aromatic heterocycles. The molecule has 1 fully saturated rings. The molecule has 33 heavy (non-hydrogen) atoms. The molecule has 0 spiro atoms. The van der Waals surface area contributed by atoms with Gasteiger partial charge >= 0.3 is 6.18 Å². The van der Waals surface area contributed by atoms with Crippen molar-refractivity contribution in [1.82, 2.24) is 9.88 Å². The number of carbonyl (C=O) groups is 1. The summed E-state index contributed by atoms with van der Waals surface area (Å²) >= 11 is 0. The largest absolute Gasteiger partial charge is 0.416 e. The Kier molecular flexibility index (Phi) is 6.56. The number of benzene rings is 2. The van der Waals surface area contributed by atoms with Crippen molar-refractivity contribution in [2.45, 2.75) is 31.5 Å². The zero-order chi connectivity index (χ0) is 23.6. The lowest BCUT2D eigenvalue weighted by Gasteiger charge is -2.21. The lowest BCUT2D eigenvalue weighted by atomic mass is 10.1. The smallest absolute Gasteiger partial charge is 0.355 e. The second-order valence-electron chi connectivity index (χ2n) is 8.67. The Hall–Kier alpha value is -3.13. The average Bonchev–Trinajstić information content (AvgIpc) is 3.28. The topological polar surface area (TPSA) is 48.5 Å². The number of alkyl halides is 3. The second-order valence-corrected chi connectivity index (χ2v) is 8.67. The standard InChI is InChI=1S/C25H27F3N4O/c1-31(2)21-13-14-32(16-21)23-11-6-18-15-20(9-10-22(18)30-23)29-24(33)12-5-17-3-7-19(8-4-17)25(26,27)28/h3-4,6-11,15,21H,5,12-14,16H2,1-2H3,(H,29,33)/t21-/m1/s1. The van der Waals surface area contributed by atoms with Gasteiger partial charge in [0.25, 0.3) is 0 Å². The Labute approximate surface area is 191 Å². The van der Waals surface area contributed by atoms with Crippen LogP contribution >= 0.6 is 0 Å². The van der Waals surface area contributed by atoms with E-state index in [1.165, 1.54) is 12.1 Å². The summed E-state index contributed by atoms with van der Waals surface area (Å²) in [6.07, 6.45) is -2.69. The number of likely N-dealkylation sites (N-methyl/N-ethyl adjacent to an activating group) is 1. The summed E-state index contributed by atoms with van der Waals surface area (Å²) in [6.45, 7) is 1.94. The first-order chi connectivity index (χ1) is 15.7. The van der Waals surface area contributed by atoms with Crippen LogP contribution in [0.3, 0.4) is 0 Å². The Morgan fingerprint density at radius 3 is 2.55 bits per heavy atom. The van der Waals surface area contributed by atoms with Crippen molar-refractivity contribution in [3.05, 3.63) is 65.7 Å². The van der Waals surface area contributed by atoms with Crippen LogP contribution in [-0.2, 0) is 17.4 Å². The molecule has 0 saturated carbocycles. The molecule has 0 aliphatic carbocycles. The van der Waals surface area contributed by atoms with Gasteiger partial charge in [0.2, 0.25) is 5.91 Å². The third-order valence-electron chi connectivity index (χ3n) is 6.10. The fourth-order valence-electron chi connectivity index (χ4n) is 4.08. The van der Waals surface area contributed by atoms with Crippen LogP contribution in [0.1, 0.15) is 24.0 Å². The Bertz CT molecular complexity index is 1130. The molecule has 1 amide bonds. The highest BCUT2D eigenvalue weighted by Gasteiger charge is 2.30. The number of anilines is 2. The molecular weight excluding hydrogens is 429 g/mol. The van der Waals surface area contributed by atoms with Crippen LogP contribution in [0.15, 0.2) is 54.6 Å². The minimum absolute atomic E-state index is 0.183. The van der Waals surface area contributed by atoms with Crippen LogP contribution in [0.5, 0.6) is 0 Å². The molecule has 8 heteroatoms. The van der Waals surface area contributed by atoms with Gasteiger partial charge in [0.1, 0.15) is 5.82 Å². The number of hydrogen-bond acceptors (Lipinski definition) is 4. The van der Waals surface area contributed by atoms with E-state index >= 15 is 0 Å². The molecule has 4 rings (SSSR count). The summed E-state index contributed by atoms with van der Waals surface area (Å²) in [7, 11) is 4.20. The second kappa shape index (κ2) is 9.39. The zero-order valence-corrected chi connectivity index (χ0v) is 18.7. The van der Waals surface area contributed by atoms with Crippen molar-refractivity contribution in [1.29, 1.82) is 0 Å². The van der Waals surface area contributed by atoms with E-state index in [1.807, 2.05) is 30.3 Å². The number of carbonyl (C=O) groups excluding carboxylic acids is 1. The monoisotopic (exact) mass is 456 g/mol. The van der Waals surface area contributed by atoms with Crippen LogP contribution in [0.2, 0.25) is 0 Å². The maximum absolute atomic E-state index is 12.7. The van der Waals surface area contributed by atoms with Crippen LogP contribution in [0.25, 0.3) is 10.9 Å². The van der Waals surface area contributed by atoms with Gasteiger partial charge < -0.3 is 15.1 Å². The summed E-state index contributed by atoms with van der Waals surface area (Å²) in [5.41, 5.74) is 1.53. The van der Waals surface area contributed by atoms with Gasteiger partial charge in [-0.15, -0.1) is 0 Å². The Morgan fingerprint density at radius 2 is 1.88 bits per heavy atom. The number of nitrogens with zero attached hydrogens (tertiary/aromatic N) is 3. The lowest BCUT2D eigenvalue weighted by Crippen LogP contribution is -2.31. The first-order valence-corrected chi connectivity index (χ1v) is 11.0. The van der Waals surface area contributed by atoms with E-state index in [1.54, 1.807) is 0 Å². The average molecular weight is 457 g/mol. The predicted molar refractivity (Wildman–Crippen MR) is 124 cm³/mol. The minimum atomic E-state index is -4.36. The third kappa shape index (κ3) is 5.63. The fraction of sp³-hybridized carbons (Fsp3) is 0.360. The molecule has 2 aromatic carbocycles. The molecule has 3 aromatic rings. The van der Waals surface area contributed by atoms with Crippen molar-refractivity contribution in [3.63, 3.8) is 0 Å². The van der Waals surface area contributed by atoms with E-state index in [4.69, 9.17) is 4.98 Å². The maximum Gasteiger partial charge on any atom is 0.416 e. The number of aromatic nitrogens is 1. The fourth-order valence-corrected chi connectivity index (χ4v) is 4.08. The third-order valence-corrected chi connectivity index (χ3v) is 6.10. The van der Waals surface area contributed by atoms with Crippen LogP contribution in [0, 0.1) is 0 Å². The highest BCUT2D eigenvalue weighted by molar-refractivity contribution is 5.94. The van der Waals surface area contributed by atoms with Gasteiger partial charge in [-0.3, -0.25) is 4.79 Å². The van der Waals surface area contributed by atoms with E-state index < -0.39 is 11.7 Å². The summed E-state index contributed by atoms with van der Waals surface area (Å²) in [5, 5.41) is 3.80. The molecule has 5 nitrogen and oxygen atoms in total. The summed E-state index contributed by atoms with van der Waals surface area (Å²) in [4.78, 5) is 21.7. The first kappa shape index (κ1) is 23.0. The molecule has 1 saturated heterocycles. The van der Waals surface area contributed by atoms with E-state index in [2.05, 4.69) is 29.2 Å². The van der Waals surface area contributed by atoms with E-state index in [0.29, 0.717) is 23.7 Å². The van der Waals surface area contributed by atoms with Crippen LogP contribution in [-0.4, -0.2) is 49.0 Å². The highest BCUT2D eigenvalue weighted by atomic mass is 19.4. The highest BCUT2D eigenvalue weighted by Crippen LogP contribution is 2.29. The number of pyridine rings is 1. The molecule has 2 heterocycles. The maximum atomic E-state index is 12.7.